The molecule has 0 atom stereocenters. The summed E-state index contributed by atoms with van der Waals surface area (Å²) < 4.78 is 0. The average Bonchev–Trinajstić information content (AvgIpc) is 3.16. The molecule has 2 aromatic carbocycles. The fraction of sp³-hybridized carbons (Fsp3) is 0.545. The monoisotopic (exact) mass is 578 g/mol. The van der Waals surface area contributed by atoms with Crippen LogP contribution >= 0.6 is 0 Å². The molecule has 26 heavy (non-hydrogen) atoms. The molecule has 0 aliphatic carbocycles. The van der Waals surface area contributed by atoms with Crippen LogP contribution in [0.4, 0.5) is 0 Å². The van der Waals surface area contributed by atoms with Gasteiger partial charge >= 0.3 is 41.6 Å². The van der Waals surface area contributed by atoms with Crippen LogP contribution in [0.15, 0.2) is 36.4 Å². The van der Waals surface area contributed by atoms with Crippen molar-refractivity contribution in [3.63, 3.8) is 0 Å². The maximum absolute atomic E-state index is 2.33. The zero-order valence-electron chi connectivity index (χ0n) is 17.8. The molecule has 2 rings (SSSR count). The van der Waals surface area contributed by atoms with E-state index in [2.05, 4.69) is 91.0 Å². The molecule has 0 aliphatic rings. The summed E-state index contributed by atoms with van der Waals surface area (Å²) in [6, 6.07) is 13.5. The predicted molar refractivity (Wildman–Crippen MR) is 108 cm³/mol. The van der Waals surface area contributed by atoms with E-state index in [0.29, 0.717) is 11.8 Å². The molecule has 0 spiro atoms. The molecule has 0 bridgehead atoms. The van der Waals surface area contributed by atoms with Gasteiger partial charge in [0.05, 0.1) is 0 Å². The van der Waals surface area contributed by atoms with E-state index in [1.165, 1.54) is 45.3 Å². The second-order valence-electron chi connectivity index (χ2n) is 7.12. The molecule has 0 N–H and O–H groups in total. The third-order valence-corrected chi connectivity index (χ3v) is 3.83. The largest absolute Gasteiger partial charge is 1.00 e. The number of rotatable bonds is 4. The SMILES string of the molecule is CCc1c[cH-]c(C(C)C)c1.CCc1c[cH-]c(C(C)C)c1.C[Si](C)=[Hf+2].[Cl-].[Cl-]. The Morgan fingerprint density at radius 2 is 1.08 bits per heavy atom. The Labute approximate surface area is 190 Å². The van der Waals surface area contributed by atoms with Crippen molar-refractivity contribution in [2.75, 3.05) is 0 Å². The van der Waals surface area contributed by atoms with Gasteiger partial charge in [0.15, 0.2) is 0 Å². The standard InChI is InChI=1S/2C10H15.C2H6Si.2ClH.Hf/c2*1-4-9-5-6-10(7-9)8(2)3;1-3-2;;;/h2*5-8H,4H2,1-3H3;1-2H3;2*1H;/q2*-1;;;;+2/p-2. The summed E-state index contributed by atoms with van der Waals surface area (Å²) in [5.74, 6) is 1.36. The molecule has 0 nitrogen and oxygen atoms in total. The van der Waals surface area contributed by atoms with Crippen LogP contribution in [0.5, 0.6) is 0 Å². The fourth-order valence-corrected chi connectivity index (χ4v) is 2.19. The fourth-order valence-electron chi connectivity index (χ4n) is 2.19. The summed E-state index contributed by atoms with van der Waals surface area (Å²) >= 11 is 1.45. The molecule has 0 aromatic heterocycles. The number of aryl methyl sites for hydroxylation is 2. The van der Waals surface area contributed by atoms with Crippen molar-refractivity contribution in [3.05, 3.63) is 58.7 Å². The van der Waals surface area contributed by atoms with Crippen LogP contribution in [-0.4, -0.2) is 5.49 Å². The number of hydrogen-bond acceptors (Lipinski definition) is 0. The molecule has 0 fully saturated rings. The average molecular weight is 578 g/mol. The zero-order chi connectivity index (χ0) is 18.7. The van der Waals surface area contributed by atoms with Gasteiger partial charge in [0.2, 0.25) is 0 Å². The van der Waals surface area contributed by atoms with Crippen LogP contribution in [0.3, 0.4) is 0 Å². The summed E-state index contributed by atoms with van der Waals surface area (Å²) in [6.45, 7) is 18.0. The van der Waals surface area contributed by atoms with Gasteiger partial charge in [-0.15, -0.1) is 0 Å². The Morgan fingerprint density at radius 3 is 1.19 bits per heavy atom. The van der Waals surface area contributed by atoms with Crippen molar-refractivity contribution in [2.24, 2.45) is 0 Å². The topological polar surface area (TPSA) is 0 Å². The molecular formula is C22H36Cl2HfSi-2. The van der Waals surface area contributed by atoms with Crippen LogP contribution in [0, 0.1) is 0 Å². The Balaban J connectivity index is -0.000000319. The van der Waals surface area contributed by atoms with E-state index in [9.17, 15) is 0 Å². The second kappa shape index (κ2) is 17.5. The predicted octanol–water partition coefficient (Wildman–Crippen LogP) is 0.975. The first kappa shape index (κ1) is 31.1. The van der Waals surface area contributed by atoms with Crippen molar-refractivity contribution in [1.29, 1.82) is 0 Å². The molecule has 0 aliphatic heterocycles. The molecule has 0 radical (unpaired) electrons. The van der Waals surface area contributed by atoms with E-state index in [-0.39, 0.29) is 30.3 Å². The van der Waals surface area contributed by atoms with Crippen molar-refractivity contribution in [1.82, 2.24) is 0 Å². The molecule has 0 saturated heterocycles. The number of hydrogen-bond donors (Lipinski definition) is 0. The molecule has 0 amide bonds. The van der Waals surface area contributed by atoms with E-state index >= 15 is 0 Å². The Morgan fingerprint density at radius 1 is 0.808 bits per heavy atom. The van der Waals surface area contributed by atoms with Crippen LogP contribution in [-0.2, 0) is 35.8 Å². The first-order valence-corrected chi connectivity index (χ1v) is 17.1. The van der Waals surface area contributed by atoms with E-state index in [1.54, 1.807) is 0 Å². The van der Waals surface area contributed by atoms with Crippen LogP contribution in [0.1, 0.15) is 75.6 Å². The van der Waals surface area contributed by atoms with Crippen molar-refractivity contribution >= 4 is 5.49 Å². The van der Waals surface area contributed by atoms with Gasteiger partial charge in [-0.1, -0.05) is 54.4 Å². The Bertz CT molecular complexity index is 532. The van der Waals surface area contributed by atoms with Crippen LogP contribution in [0.2, 0.25) is 13.1 Å². The number of halogens is 2. The molecule has 4 heteroatoms. The minimum atomic E-state index is 0. The smallest absolute Gasteiger partial charge is 1.00 e. The Kier molecular flexibility index (Phi) is 20.9. The molecule has 0 heterocycles. The molecule has 148 valence electrons. The summed E-state index contributed by atoms with van der Waals surface area (Å²) in [7, 11) is 0. The zero-order valence-corrected chi connectivity index (χ0v) is 23.9. The first-order valence-electron chi connectivity index (χ1n) is 9.23. The first-order chi connectivity index (χ1) is 11.2. The van der Waals surface area contributed by atoms with E-state index < -0.39 is 0 Å². The molecule has 2 aromatic rings. The Hall–Kier alpha value is 0.367. The summed E-state index contributed by atoms with van der Waals surface area (Å²) in [6.07, 6.45) is 2.32. The van der Waals surface area contributed by atoms with Crippen molar-refractivity contribution in [3.8, 4) is 0 Å². The van der Waals surface area contributed by atoms with Crippen molar-refractivity contribution < 1.29 is 47.8 Å². The quantitative estimate of drug-likeness (QED) is 0.376. The van der Waals surface area contributed by atoms with Gasteiger partial charge in [0.1, 0.15) is 0 Å². The normalized spacial score (nSPS) is 9.38. The van der Waals surface area contributed by atoms with E-state index in [4.69, 9.17) is 0 Å². The molecule has 0 saturated carbocycles. The molecule has 0 unspecified atom stereocenters. The van der Waals surface area contributed by atoms with E-state index in [0.717, 1.165) is 12.8 Å². The van der Waals surface area contributed by atoms with Crippen LogP contribution in [0.25, 0.3) is 0 Å². The summed E-state index contributed by atoms with van der Waals surface area (Å²) in [5, 5.41) is 0. The van der Waals surface area contributed by atoms with Crippen molar-refractivity contribution in [2.45, 2.75) is 79.3 Å². The third kappa shape index (κ3) is 14.4. The van der Waals surface area contributed by atoms with Gasteiger partial charge in [-0.2, -0.15) is 46.5 Å². The molecular weight excluding hydrogens is 542 g/mol. The third-order valence-electron chi connectivity index (χ3n) is 3.83. The van der Waals surface area contributed by atoms with Gasteiger partial charge in [-0.3, -0.25) is 0 Å². The second-order valence-corrected chi connectivity index (χ2v) is 19.9. The maximum Gasteiger partial charge on any atom is -1.00 e. The van der Waals surface area contributed by atoms with Crippen LogP contribution < -0.4 is 24.8 Å². The van der Waals surface area contributed by atoms with Gasteiger partial charge in [0, 0.05) is 0 Å². The van der Waals surface area contributed by atoms with Gasteiger partial charge in [-0.25, -0.2) is 12.1 Å². The minimum Gasteiger partial charge on any atom is -1.00 e. The van der Waals surface area contributed by atoms with Gasteiger partial charge in [0.25, 0.3) is 0 Å². The minimum absolute atomic E-state index is 0. The van der Waals surface area contributed by atoms with E-state index in [1.807, 2.05) is 0 Å². The summed E-state index contributed by atoms with van der Waals surface area (Å²) in [5.41, 5.74) is 6.12. The maximum atomic E-state index is 2.33. The van der Waals surface area contributed by atoms with Gasteiger partial charge < -0.3 is 24.8 Å². The summed E-state index contributed by atoms with van der Waals surface area (Å²) in [4.78, 5) is 0. The van der Waals surface area contributed by atoms with Gasteiger partial charge in [-0.05, 0) is 11.8 Å².